The van der Waals surface area contributed by atoms with E-state index in [0.29, 0.717) is 4.47 Å². The van der Waals surface area contributed by atoms with Gasteiger partial charge in [-0.25, -0.2) is 0 Å². The summed E-state index contributed by atoms with van der Waals surface area (Å²) in [7, 11) is 0. The number of halogens is 3. The summed E-state index contributed by atoms with van der Waals surface area (Å²) in [6.45, 7) is 0. The van der Waals surface area contributed by atoms with Crippen LogP contribution in [0.5, 0.6) is 0 Å². The summed E-state index contributed by atoms with van der Waals surface area (Å²) < 4.78 is 0.384. The van der Waals surface area contributed by atoms with Crippen molar-refractivity contribution in [2.75, 3.05) is 5.73 Å². The van der Waals surface area contributed by atoms with Gasteiger partial charge in [0.25, 0.3) is 0 Å². The van der Waals surface area contributed by atoms with Crippen LogP contribution in [-0.2, 0) is 0 Å². The molecule has 1 rings (SSSR count). The predicted molar refractivity (Wildman–Crippen MR) is 51.4 cm³/mol. The largest absolute Gasteiger partial charge is 0.393 e. The zero-order valence-corrected chi connectivity index (χ0v) is 8.39. The van der Waals surface area contributed by atoms with E-state index < -0.39 is 0 Å². The van der Waals surface area contributed by atoms with Gasteiger partial charge in [-0.2, -0.15) is 0 Å². The number of nitrogens with one attached hydrogen (secondary N) is 1. The Kier molecular flexibility index (Phi) is 3.92. The molecule has 0 spiro atoms. The van der Waals surface area contributed by atoms with E-state index in [9.17, 15) is 4.79 Å². The summed E-state index contributed by atoms with van der Waals surface area (Å²) in [4.78, 5) is 13.5. The molecule has 1 aromatic heterocycles. The molecule has 1 aromatic rings. The average Bonchev–Trinajstić information content (AvgIpc) is 1.93. The molecule has 0 aliphatic rings. The lowest BCUT2D eigenvalue weighted by Crippen LogP contribution is -2.09. The zero-order chi connectivity index (χ0) is 7.72. The molecule has 0 aromatic carbocycles. The third-order valence-electron chi connectivity index (χ3n) is 1.02. The van der Waals surface area contributed by atoms with E-state index >= 15 is 0 Å². The molecule has 3 N–H and O–H groups in total. The number of aromatic amines is 1. The number of nitrogens with two attached hydrogens (primary N) is 1. The minimum atomic E-state index is -0.288. The number of aromatic nitrogens is 1. The molecule has 11 heavy (non-hydrogen) atoms. The Hall–Kier alpha value is -0.190. The quantitative estimate of drug-likeness (QED) is 0.698. The van der Waals surface area contributed by atoms with Crippen LogP contribution in [-0.4, -0.2) is 4.98 Å². The number of hydrogen-bond acceptors (Lipinski definition) is 2. The predicted octanol–water partition coefficient (Wildman–Crippen LogP) is 1.79. The van der Waals surface area contributed by atoms with E-state index in [-0.39, 0.29) is 28.7 Å². The van der Waals surface area contributed by atoms with E-state index in [1.807, 2.05) is 0 Å². The van der Waals surface area contributed by atoms with Crippen molar-refractivity contribution in [1.29, 1.82) is 0 Å². The molecule has 0 radical (unpaired) electrons. The Balaban J connectivity index is 0.000001000. The van der Waals surface area contributed by atoms with Crippen molar-refractivity contribution in [2.24, 2.45) is 0 Å². The Labute approximate surface area is 82.5 Å². The molecule has 0 atom stereocenters. The van der Waals surface area contributed by atoms with E-state index in [0.717, 1.165) is 0 Å². The maximum absolute atomic E-state index is 10.9. The van der Waals surface area contributed by atoms with Gasteiger partial charge in [-0.15, -0.1) is 12.4 Å². The highest BCUT2D eigenvalue weighted by molar-refractivity contribution is 9.10. The summed E-state index contributed by atoms with van der Waals surface area (Å²) in [5.41, 5.74) is 5.03. The fourth-order valence-electron chi connectivity index (χ4n) is 0.498. The van der Waals surface area contributed by atoms with Gasteiger partial charge in [0, 0.05) is 6.20 Å². The minimum absolute atomic E-state index is 0. The van der Waals surface area contributed by atoms with Crippen molar-refractivity contribution >= 4 is 45.6 Å². The SMILES string of the molecule is Cl.Nc1c(Cl)[nH]cc(Br)c1=O. The fourth-order valence-corrected chi connectivity index (χ4v) is 0.967. The summed E-state index contributed by atoms with van der Waals surface area (Å²) in [6.07, 6.45) is 1.45. The first kappa shape index (κ1) is 10.8. The van der Waals surface area contributed by atoms with Gasteiger partial charge < -0.3 is 10.7 Å². The lowest BCUT2D eigenvalue weighted by Gasteiger charge is -1.95. The first-order chi connectivity index (χ1) is 4.63. The summed E-state index contributed by atoms with van der Waals surface area (Å²) in [6, 6.07) is 0. The normalized spacial score (nSPS) is 8.91. The maximum atomic E-state index is 10.9. The van der Waals surface area contributed by atoms with Gasteiger partial charge in [0.15, 0.2) is 0 Å². The van der Waals surface area contributed by atoms with Crippen LogP contribution in [0.25, 0.3) is 0 Å². The zero-order valence-electron chi connectivity index (χ0n) is 5.23. The van der Waals surface area contributed by atoms with Gasteiger partial charge in [0.1, 0.15) is 10.8 Å². The van der Waals surface area contributed by atoms with Crippen LogP contribution < -0.4 is 11.2 Å². The maximum Gasteiger partial charge on any atom is 0.220 e. The summed E-state index contributed by atoms with van der Waals surface area (Å²) >= 11 is 8.48. The molecule has 0 aliphatic carbocycles. The number of H-pyrrole nitrogens is 1. The fraction of sp³-hybridized carbons (Fsp3) is 0. The molecular formula is C5H5BrCl2N2O. The molecule has 0 unspecified atom stereocenters. The van der Waals surface area contributed by atoms with Crippen LogP contribution in [0.3, 0.4) is 0 Å². The van der Waals surface area contributed by atoms with Crippen molar-refractivity contribution in [3.8, 4) is 0 Å². The number of anilines is 1. The van der Waals surface area contributed by atoms with Crippen molar-refractivity contribution in [2.45, 2.75) is 0 Å². The second-order valence-corrected chi connectivity index (χ2v) is 2.93. The van der Waals surface area contributed by atoms with Gasteiger partial charge in [0.05, 0.1) is 4.47 Å². The first-order valence-electron chi connectivity index (χ1n) is 2.45. The highest BCUT2D eigenvalue weighted by Gasteiger charge is 2.02. The highest BCUT2D eigenvalue weighted by atomic mass is 79.9. The molecule has 0 amide bonds. The van der Waals surface area contributed by atoms with Gasteiger partial charge in [0.2, 0.25) is 5.43 Å². The third kappa shape index (κ3) is 2.12. The van der Waals surface area contributed by atoms with Crippen molar-refractivity contribution < 1.29 is 0 Å². The lowest BCUT2D eigenvalue weighted by molar-refractivity contribution is 1.28. The van der Waals surface area contributed by atoms with E-state index in [1.165, 1.54) is 6.20 Å². The lowest BCUT2D eigenvalue weighted by atomic mass is 10.4. The number of rotatable bonds is 0. The number of nitrogen functional groups attached to an aromatic ring is 1. The number of pyridine rings is 1. The van der Waals surface area contributed by atoms with Crippen LogP contribution in [0.15, 0.2) is 15.5 Å². The van der Waals surface area contributed by atoms with Crippen molar-refractivity contribution in [3.63, 3.8) is 0 Å². The molecular weight excluding hydrogens is 255 g/mol. The molecule has 0 aliphatic heterocycles. The summed E-state index contributed by atoms with van der Waals surface area (Å²) in [5.74, 6) is 0. The molecule has 0 saturated carbocycles. The monoisotopic (exact) mass is 258 g/mol. The Morgan fingerprint density at radius 1 is 1.64 bits per heavy atom. The third-order valence-corrected chi connectivity index (χ3v) is 1.93. The van der Waals surface area contributed by atoms with Crippen molar-refractivity contribution in [3.05, 3.63) is 26.0 Å². The van der Waals surface area contributed by atoms with Crippen LogP contribution in [0, 0.1) is 0 Å². The Morgan fingerprint density at radius 3 is 2.64 bits per heavy atom. The topological polar surface area (TPSA) is 58.9 Å². The highest BCUT2D eigenvalue weighted by Crippen LogP contribution is 2.12. The van der Waals surface area contributed by atoms with Crippen molar-refractivity contribution in [1.82, 2.24) is 4.98 Å². The summed E-state index contributed by atoms with van der Waals surface area (Å²) in [5, 5.41) is 0.174. The van der Waals surface area contributed by atoms with E-state index in [4.69, 9.17) is 17.3 Å². The van der Waals surface area contributed by atoms with Crippen LogP contribution in [0.2, 0.25) is 5.15 Å². The molecule has 3 nitrogen and oxygen atoms in total. The molecule has 0 bridgehead atoms. The van der Waals surface area contributed by atoms with E-state index in [2.05, 4.69) is 20.9 Å². The Bertz CT molecular complexity index is 312. The van der Waals surface area contributed by atoms with Crippen LogP contribution in [0.4, 0.5) is 5.69 Å². The smallest absolute Gasteiger partial charge is 0.220 e. The second-order valence-electron chi connectivity index (χ2n) is 1.69. The number of hydrogen-bond donors (Lipinski definition) is 2. The van der Waals surface area contributed by atoms with Crippen LogP contribution >= 0.6 is 39.9 Å². The molecule has 1 heterocycles. The Morgan fingerprint density at radius 2 is 2.18 bits per heavy atom. The standard InChI is InChI=1S/C5H4BrClN2O.ClH/c6-2-1-9-5(7)3(8)4(2)10;/h1H,8H2,(H,9,10);1H. The molecule has 6 heteroatoms. The van der Waals surface area contributed by atoms with Gasteiger partial charge in [-0.05, 0) is 15.9 Å². The van der Waals surface area contributed by atoms with Crippen LogP contribution in [0.1, 0.15) is 0 Å². The van der Waals surface area contributed by atoms with Gasteiger partial charge in [-0.3, -0.25) is 4.79 Å². The first-order valence-corrected chi connectivity index (χ1v) is 3.62. The van der Waals surface area contributed by atoms with Gasteiger partial charge in [-0.1, -0.05) is 11.6 Å². The average molecular weight is 260 g/mol. The second kappa shape index (κ2) is 3.99. The molecule has 0 fully saturated rings. The molecule has 0 saturated heterocycles. The minimum Gasteiger partial charge on any atom is -0.393 e. The molecule has 62 valence electrons. The van der Waals surface area contributed by atoms with Gasteiger partial charge >= 0.3 is 0 Å². The van der Waals surface area contributed by atoms with E-state index in [1.54, 1.807) is 0 Å².